The number of para-hydroxylation sites is 1. The molecule has 0 fully saturated rings. The SMILES string of the molecule is COc1ccccc1C1CC(=O)N(c2ccc(F)cc2)c2c1sc(=O)n2C. The predicted molar refractivity (Wildman–Crippen MR) is 103 cm³/mol. The maximum atomic E-state index is 13.3. The zero-order chi connectivity index (χ0) is 19.1. The molecule has 1 aliphatic rings. The largest absolute Gasteiger partial charge is 0.496 e. The number of anilines is 2. The quantitative estimate of drug-likeness (QED) is 0.690. The highest BCUT2D eigenvalue weighted by Gasteiger charge is 2.38. The Morgan fingerprint density at radius 3 is 2.52 bits per heavy atom. The van der Waals surface area contributed by atoms with Gasteiger partial charge in [0.25, 0.3) is 0 Å². The van der Waals surface area contributed by atoms with Crippen LogP contribution in [0.3, 0.4) is 0 Å². The molecule has 138 valence electrons. The second-order valence-electron chi connectivity index (χ2n) is 6.32. The summed E-state index contributed by atoms with van der Waals surface area (Å²) >= 11 is 1.13. The average Bonchev–Trinajstić information content (AvgIpc) is 2.97. The van der Waals surface area contributed by atoms with Gasteiger partial charge in [0, 0.05) is 24.9 Å². The van der Waals surface area contributed by atoms with E-state index in [-0.39, 0.29) is 28.9 Å². The Bertz CT molecular complexity index is 1070. The van der Waals surface area contributed by atoms with Gasteiger partial charge < -0.3 is 4.74 Å². The Balaban J connectivity index is 1.91. The molecule has 0 saturated carbocycles. The van der Waals surface area contributed by atoms with Crippen LogP contribution in [-0.4, -0.2) is 17.6 Å². The van der Waals surface area contributed by atoms with Crippen molar-refractivity contribution in [2.75, 3.05) is 12.0 Å². The van der Waals surface area contributed by atoms with Crippen LogP contribution in [0.5, 0.6) is 5.75 Å². The Kier molecular flexibility index (Phi) is 4.31. The number of amides is 1. The summed E-state index contributed by atoms with van der Waals surface area (Å²) in [6.07, 6.45) is 0.199. The number of rotatable bonds is 3. The van der Waals surface area contributed by atoms with Crippen molar-refractivity contribution >= 4 is 28.7 Å². The number of methoxy groups -OCH3 is 1. The summed E-state index contributed by atoms with van der Waals surface area (Å²) in [5.41, 5.74) is 1.41. The molecule has 0 aliphatic carbocycles. The number of hydrogen-bond acceptors (Lipinski definition) is 4. The summed E-state index contributed by atoms with van der Waals surface area (Å²) in [6, 6.07) is 13.2. The van der Waals surface area contributed by atoms with Crippen LogP contribution in [0, 0.1) is 5.82 Å². The molecule has 1 amide bonds. The van der Waals surface area contributed by atoms with E-state index in [1.165, 1.54) is 21.6 Å². The van der Waals surface area contributed by atoms with E-state index in [0.29, 0.717) is 17.3 Å². The van der Waals surface area contributed by atoms with Crippen LogP contribution >= 0.6 is 11.3 Å². The number of fused-ring (bicyclic) bond motifs is 1. The molecule has 3 aromatic rings. The van der Waals surface area contributed by atoms with Gasteiger partial charge in [0.05, 0.1) is 17.7 Å². The van der Waals surface area contributed by atoms with Gasteiger partial charge in [-0.05, 0) is 30.3 Å². The van der Waals surface area contributed by atoms with Gasteiger partial charge in [-0.25, -0.2) is 4.39 Å². The lowest BCUT2D eigenvalue weighted by molar-refractivity contribution is -0.118. The maximum absolute atomic E-state index is 13.3. The van der Waals surface area contributed by atoms with Crippen molar-refractivity contribution in [3.63, 3.8) is 0 Å². The third kappa shape index (κ3) is 2.84. The monoisotopic (exact) mass is 384 g/mol. The molecule has 0 N–H and O–H groups in total. The summed E-state index contributed by atoms with van der Waals surface area (Å²) in [4.78, 5) is 27.6. The lowest BCUT2D eigenvalue weighted by atomic mass is 9.89. The minimum absolute atomic E-state index is 0.151. The average molecular weight is 384 g/mol. The fourth-order valence-corrected chi connectivity index (χ4v) is 4.57. The van der Waals surface area contributed by atoms with E-state index >= 15 is 0 Å². The van der Waals surface area contributed by atoms with Crippen LogP contribution < -0.4 is 14.5 Å². The lowest BCUT2D eigenvalue weighted by Gasteiger charge is -2.32. The van der Waals surface area contributed by atoms with Crippen LogP contribution in [0.25, 0.3) is 0 Å². The zero-order valence-electron chi connectivity index (χ0n) is 14.8. The van der Waals surface area contributed by atoms with Gasteiger partial charge >= 0.3 is 4.87 Å². The summed E-state index contributed by atoms with van der Waals surface area (Å²) < 4.78 is 20.3. The Morgan fingerprint density at radius 2 is 1.81 bits per heavy atom. The number of hydrogen-bond donors (Lipinski definition) is 0. The van der Waals surface area contributed by atoms with Crippen molar-refractivity contribution in [2.45, 2.75) is 12.3 Å². The molecule has 1 atom stereocenters. The summed E-state index contributed by atoms with van der Waals surface area (Å²) in [5, 5.41) is 0. The number of benzene rings is 2. The molecule has 2 heterocycles. The molecule has 7 heteroatoms. The number of ether oxygens (including phenoxy) is 1. The number of thiazole rings is 1. The minimum atomic E-state index is -0.380. The molecule has 0 bridgehead atoms. The molecule has 1 unspecified atom stereocenters. The van der Waals surface area contributed by atoms with Gasteiger partial charge in [-0.2, -0.15) is 0 Å². The first-order valence-electron chi connectivity index (χ1n) is 8.42. The van der Waals surface area contributed by atoms with Crippen molar-refractivity contribution < 1.29 is 13.9 Å². The van der Waals surface area contributed by atoms with Crippen molar-refractivity contribution in [3.8, 4) is 5.75 Å². The van der Waals surface area contributed by atoms with Gasteiger partial charge in [0.2, 0.25) is 5.91 Å². The summed E-state index contributed by atoms with van der Waals surface area (Å²) in [5.74, 6) is 0.413. The fourth-order valence-electron chi connectivity index (χ4n) is 3.49. The third-order valence-corrected chi connectivity index (χ3v) is 5.90. The molecule has 2 aromatic carbocycles. The topological polar surface area (TPSA) is 51.5 Å². The van der Waals surface area contributed by atoms with Crippen molar-refractivity contribution in [2.24, 2.45) is 7.05 Å². The molecule has 27 heavy (non-hydrogen) atoms. The van der Waals surface area contributed by atoms with E-state index < -0.39 is 0 Å². The van der Waals surface area contributed by atoms with Crippen LogP contribution in [0.15, 0.2) is 53.3 Å². The van der Waals surface area contributed by atoms with E-state index in [9.17, 15) is 14.0 Å². The van der Waals surface area contributed by atoms with Crippen LogP contribution in [0.2, 0.25) is 0 Å². The van der Waals surface area contributed by atoms with Gasteiger partial charge in [-0.3, -0.25) is 19.1 Å². The first-order chi connectivity index (χ1) is 13.0. The Labute approximate surface area is 159 Å². The Morgan fingerprint density at radius 1 is 1.11 bits per heavy atom. The molecule has 0 radical (unpaired) electrons. The smallest absolute Gasteiger partial charge is 0.308 e. The van der Waals surface area contributed by atoms with Gasteiger partial charge in [-0.1, -0.05) is 29.5 Å². The zero-order valence-corrected chi connectivity index (χ0v) is 15.6. The van der Waals surface area contributed by atoms with Crippen molar-refractivity contribution in [3.05, 3.63) is 74.5 Å². The summed E-state index contributed by atoms with van der Waals surface area (Å²) in [7, 11) is 3.23. The highest BCUT2D eigenvalue weighted by atomic mass is 32.1. The van der Waals surface area contributed by atoms with Gasteiger partial charge in [0.15, 0.2) is 0 Å². The third-order valence-electron chi connectivity index (χ3n) is 4.76. The molecule has 1 aromatic heterocycles. The first kappa shape index (κ1) is 17.5. The molecule has 0 spiro atoms. The number of carbonyl (C=O) groups is 1. The van der Waals surface area contributed by atoms with E-state index in [1.54, 1.807) is 26.3 Å². The second kappa shape index (κ2) is 6.66. The minimum Gasteiger partial charge on any atom is -0.496 e. The van der Waals surface area contributed by atoms with E-state index in [2.05, 4.69) is 0 Å². The molecule has 5 nitrogen and oxygen atoms in total. The van der Waals surface area contributed by atoms with E-state index in [4.69, 9.17) is 4.74 Å². The number of aromatic nitrogens is 1. The maximum Gasteiger partial charge on any atom is 0.308 e. The summed E-state index contributed by atoms with van der Waals surface area (Å²) in [6.45, 7) is 0. The van der Waals surface area contributed by atoms with Crippen LogP contribution in [0.1, 0.15) is 22.8 Å². The Hall–Kier alpha value is -2.93. The van der Waals surface area contributed by atoms with Crippen molar-refractivity contribution in [1.82, 2.24) is 4.57 Å². The first-order valence-corrected chi connectivity index (χ1v) is 9.24. The predicted octanol–water partition coefficient (Wildman–Crippen LogP) is 3.79. The standard InChI is InChI=1S/C20H17FN2O3S/c1-22-19-18(27-20(22)25)15(14-5-3-4-6-16(14)26-2)11-17(24)23(19)13-9-7-12(21)8-10-13/h3-10,15H,11H2,1-2H3. The van der Waals surface area contributed by atoms with Gasteiger partial charge in [0.1, 0.15) is 17.4 Å². The number of halogens is 1. The van der Waals surface area contributed by atoms with Crippen molar-refractivity contribution in [1.29, 1.82) is 0 Å². The highest BCUT2D eigenvalue weighted by Crippen LogP contribution is 2.46. The highest BCUT2D eigenvalue weighted by molar-refractivity contribution is 7.10. The molecular formula is C20H17FN2O3S. The van der Waals surface area contributed by atoms with E-state index in [0.717, 1.165) is 21.8 Å². The molecule has 4 rings (SSSR count). The number of nitrogens with zero attached hydrogens (tertiary/aromatic N) is 2. The lowest BCUT2D eigenvalue weighted by Crippen LogP contribution is -2.34. The van der Waals surface area contributed by atoms with Crippen LogP contribution in [-0.2, 0) is 11.8 Å². The normalized spacial score (nSPS) is 16.3. The fraction of sp³-hybridized carbons (Fsp3) is 0.200. The number of carbonyl (C=O) groups excluding carboxylic acids is 1. The van der Waals surface area contributed by atoms with Crippen LogP contribution in [0.4, 0.5) is 15.9 Å². The second-order valence-corrected chi connectivity index (χ2v) is 7.31. The molecule has 1 aliphatic heterocycles. The molecule has 0 saturated heterocycles. The van der Waals surface area contributed by atoms with E-state index in [1.807, 2.05) is 24.3 Å². The van der Waals surface area contributed by atoms with Gasteiger partial charge in [-0.15, -0.1) is 0 Å². The molecular weight excluding hydrogens is 367 g/mol.